The molecule has 0 aliphatic carbocycles. The first kappa shape index (κ1) is 18.0. The van der Waals surface area contributed by atoms with Gasteiger partial charge in [0.1, 0.15) is 0 Å². The zero-order chi connectivity index (χ0) is 18.7. The van der Waals surface area contributed by atoms with Crippen molar-refractivity contribution in [3.05, 3.63) is 70.8 Å². The molecule has 1 amide bonds. The van der Waals surface area contributed by atoms with Crippen molar-refractivity contribution in [3.63, 3.8) is 0 Å². The zero-order valence-corrected chi connectivity index (χ0v) is 14.1. The molecule has 0 unspecified atom stereocenters. The zero-order valence-electron chi connectivity index (χ0n) is 14.1. The Kier molecular flexibility index (Phi) is 5.30. The molecule has 1 fully saturated rings. The largest absolute Gasteiger partial charge is 0.478 e. The second-order valence-corrected chi connectivity index (χ2v) is 6.57. The molecule has 1 aliphatic rings. The maximum Gasteiger partial charge on any atom is 0.335 e. The van der Waals surface area contributed by atoms with Gasteiger partial charge in [-0.1, -0.05) is 12.1 Å². The van der Waals surface area contributed by atoms with E-state index < -0.39 is 17.6 Å². The third-order valence-electron chi connectivity index (χ3n) is 4.77. The summed E-state index contributed by atoms with van der Waals surface area (Å²) in [4.78, 5) is 25.3. The Hall–Kier alpha value is -2.76. The highest BCUT2D eigenvalue weighted by Crippen LogP contribution is 2.24. The van der Waals surface area contributed by atoms with E-state index in [-0.39, 0.29) is 11.5 Å². The Morgan fingerprint density at radius 1 is 1.00 bits per heavy atom. The molecule has 1 saturated heterocycles. The van der Waals surface area contributed by atoms with Gasteiger partial charge in [-0.2, -0.15) is 0 Å². The molecule has 0 saturated carbocycles. The van der Waals surface area contributed by atoms with Crippen LogP contribution in [0.15, 0.2) is 42.5 Å². The SMILES string of the molecule is O=C(O)c1cccc(C(=O)N2CCC(Cc3ccc(F)c(F)c3)CC2)c1. The summed E-state index contributed by atoms with van der Waals surface area (Å²) in [6.07, 6.45) is 2.18. The van der Waals surface area contributed by atoms with Crippen molar-refractivity contribution in [3.8, 4) is 0 Å². The molecule has 0 aromatic heterocycles. The third-order valence-corrected chi connectivity index (χ3v) is 4.77. The molecule has 1 aliphatic heterocycles. The van der Waals surface area contributed by atoms with E-state index in [9.17, 15) is 18.4 Å². The lowest BCUT2D eigenvalue weighted by Crippen LogP contribution is -2.39. The van der Waals surface area contributed by atoms with E-state index in [0.29, 0.717) is 31.0 Å². The van der Waals surface area contributed by atoms with Gasteiger partial charge in [-0.3, -0.25) is 4.79 Å². The standard InChI is InChI=1S/C20H19F2NO3/c21-17-5-4-14(11-18(17)22)10-13-6-8-23(9-7-13)19(24)15-2-1-3-16(12-15)20(25)26/h1-5,11-13H,6-10H2,(H,25,26). The molecule has 1 N–H and O–H groups in total. The fourth-order valence-electron chi connectivity index (χ4n) is 3.31. The van der Waals surface area contributed by atoms with Gasteiger partial charge in [-0.25, -0.2) is 13.6 Å². The molecule has 136 valence electrons. The predicted molar refractivity (Wildman–Crippen MR) is 92.1 cm³/mol. The number of carbonyl (C=O) groups is 2. The first-order valence-corrected chi connectivity index (χ1v) is 8.50. The lowest BCUT2D eigenvalue weighted by molar-refractivity contribution is 0.0690. The van der Waals surface area contributed by atoms with Gasteiger partial charge in [-0.05, 0) is 61.1 Å². The highest BCUT2D eigenvalue weighted by Gasteiger charge is 2.24. The van der Waals surface area contributed by atoms with Crippen LogP contribution in [0, 0.1) is 17.6 Å². The molecule has 4 nitrogen and oxygen atoms in total. The summed E-state index contributed by atoms with van der Waals surface area (Å²) >= 11 is 0. The van der Waals surface area contributed by atoms with Crippen molar-refractivity contribution in [2.45, 2.75) is 19.3 Å². The van der Waals surface area contributed by atoms with Crippen LogP contribution in [0.4, 0.5) is 8.78 Å². The number of rotatable bonds is 4. The van der Waals surface area contributed by atoms with Crippen molar-refractivity contribution in [2.75, 3.05) is 13.1 Å². The number of hydrogen-bond donors (Lipinski definition) is 1. The number of halogens is 2. The maximum atomic E-state index is 13.3. The molecule has 6 heteroatoms. The van der Waals surface area contributed by atoms with E-state index in [1.807, 2.05) is 0 Å². The van der Waals surface area contributed by atoms with Crippen LogP contribution in [0.1, 0.15) is 39.1 Å². The number of hydrogen-bond acceptors (Lipinski definition) is 2. The smallest absolute Gasteiger partial charge is 0.335 e. The van der Waals surface area contributed by atoms with Crippen molar-refractivity contribution < 1.29 is 23.5 Å². The van der Waals surface area contributed by atoms with Gasteiger partial charge in [-0.15, -0.1) is 0 Å². The molecule has 0 bridgehead atoms. The summed E-state index contributed by atoms with van der Waals surface area (Å²) in [5.41, 5.74) is 1.20. The van der Waals surface area contributed by atoms with Crippen LogP contribution >= 0.6 is 0 Å². The van der Waals surface area contributed by atoms with Crippen LogP contribution in [0.5, 0.6) is 0 Å². The number of carboxylic acids is 1. The number of likely N-dealkylation sites (tertiary alicyclic amines) is 1. The number of aromatic carboxylic acids is 1. The van der Waals surface area contributed by atoms with Gasteiger partial charge in [0.05, 0.1) is 5.56 Å². The second kappa shape index (κ2) is 7.64. The number of carboxylic acid groups (broad SMARTS) is 1. The molecule has 0 spiro atoms. The van der Waals surface area contributed by atoms with Crippen molar-refractivity contribution >= 4 is 11.9 Å². The summed E-state index contributed by atoms with van der Waals surface area (Å²) in [7, 11) is 0. The average molecular weight is 359 g/mol. The van der Waals surface area contributed by atoms with Gasteiger partial charge in [0.15, 0.2) is 11.6 Å². The van der Waals surface area contributed by atoms with Crippen LogP contribution in [0.25, 0.3) is 0 Å². The van der Waals surface area contributed by atoms with E-state index in [4.69, 9.17) is 5.11 Å². The molecule has 26 heavy (non-hydrogen) atoms. The lowest BCUT2D eigenvalue weighted by atomic mass is 9.90. The summed E-state index contributed by atoms with van der Waals surface area (Å²) in [5, 5.41) is 9.04. The van der Waals surface area contributed by atoms with Gasteiger partial charge in [0.25, 0.3) is 5.91 Å². The normalized spacial score (nSPS) is 15.1. The summed E-state index contributed by atoms with van der Waals surface area (Å²) in [6, 6.07) is 9.97. The summed E-state index contributed by atoms with van der Waals surface area (Å²) in [5.74, 6) is -2.63. The number of nitrogens with zero attached hydrogens (tertiary/aromatic N) is 1. The molecule has 2 aromatic rings. The van der Waals surface area contributed by atoms with Crippen molar-refractivity contribution in [1.82, 2.24) is 4.90 Å². The van der Waals surface area contributed by atoms with Gasteiger partial charge in [0.2, 0.25) is 0 Å². The first-order chi connectivity index (χ1) is 12.4. The highest BCUT2D eigenvalue weighted by atomic mass is 19.2. The Morgan fingerprint density at radius 3 is 2.35 bits per heavy atom. The van der Waals surface area contributed by atoms with Gasteiger partial charge >= 0.3 is 5.97 Å². The van der Waals surface area contributed by atoms with E-state index in [1.165, 1.54) is 18.2 Å². The van der Waals surface area contributed by atoms with E-state index in [2.05, 4.69) is 0 Å². The number of piperidine rings is 1. The Bertz CT molecular complexity index is 830. The predicted octanol–water partition coefficient (Wildman–Crippen LogP) is 3.76. The topological polar surface area (TPSA) is 57.6 Å². The Balaban J connectivity index is 1.59. The van der Waals surface area contributed by atoms with Gasteiger partial charge < -0.3 is 10.0 Å². The van der Waals surface area contributed by atoms with Crippen LogP contribution in [-0.4, -0.2) is 35.0 Å². The molecule has 0 radical (unpaired) electrons. The Morgan fingerprint density at radius 2 is 1.69 bits per heavy atom. The second-order valence-electron chi connectivity index (χ2n) is 6.57. The number of benzene rings is 2. The van der Waals surface area contributed by atoms with Crippen molar-refractivity contribution in [1.29, 1.82) is 0 Å². The fourth-order valence-corrected chi connectivity index (χ4v) is 3.31. The Labute approximate surface area is 150 Å². The quantitative estimate of drug-likeness (QED) is 0.904. The van der Waals surface area contributed by atoms with Crippen LogP contribution in [0.2, 0.25) is 0 Å². The molecular formula is C20H19F2NO3. The minimum absolute atomic E-state index is 0.0871. The minimum atomic E-state index is -1.06. The van der Waals surface area contributed by atoms with Crippen LogP contribution in [-0.2, 0) is 6.42 Å². The minimum Gasteiger partial charge on any atom is -0.478 e. The monoisotopic (exact) mass is 359 g/mol. The maximum absolute atomic E-state index is 13.3. The molecular weight excluding hydrogens is 340 g/mol. The lowest BCUT2D eigenvalue weighted by Gasteiger charge is -2.32. The van der Waals surface area contributed by atoms with E-state index >= 15 is 0 Å². The number of amides is 1. The highest BCUT2D eigenvalue weighted by molar-refractivity contribution is 5.97. The van der Waals surface area contributed by atoms with E-state index in [1.54, 1.807) is 23.1 Å². The molecule has 2 aromatic carbocycles. The summed E-state index contributed by atoms with van der Waals surface area (Å²) < 4.78 is 26.3. The van der Waals surface area contributed by atoms with Crippen LogP contribution < -0.4 is 0 Å². The molecule has 0 atom stereocenters. The first-order valence-electron chi connectivity index (χ1n) is 8.50. The molecule has 1 heterocycles. The van der Waals surface area contributed by atoms with Gasteiger partial charge in [0, 0.05) is 18.7 Å². The number of carbonyl (C=O) groups excluding carboxylic acids is 1. The van der Waals surface area contributed by atoms with Crippen molar-refractivity contribution in [2.24, 2.45) is 5.92 Å². The third kappa shape index (κ3) is 4.07. The molecule has 3 rings (SSSR count). The average Bonchev–Trinajstić information content (AvgIpc) is 2.65. The van der Waals surface area contributed by atoms with Crippen LogP contribution in [0.3, 0.4) is 0 Å². The van der Waals surface area contributed by atoms with E-state index in [0.717, 1.165) is 24.5 Å². The summed E-state index contributed by atoms with van der Waals surface area (Å²) in [6.45, 7) is 1.12. The fraction of sp³-hybridized carbons (Fsp3) is 0.300.